The van der Waals surface area contributed by atoms with Crippen molar-refractivity contribution in [3.63, 3.8) is 0 Å². The van der Waals surface area contributed by atoms with Gasteiger partial charge in [-0.3, -0.25) is 0 Å². The van der Waals surface area contributed by atoms with Crippen molar-refractivity contribution < 1.29 is 13.9 Å². The molecule has 0 bridgehead atoms. The fourth-order valence-electron chi connectivity index (χ4n) is 1.47. The maximum Gasteiger partial charge on any atom is 0.354 e. The van der Waals surface area contributed by atoms with Gasteiger partial charge in [0.05, 0.1) is 19.0 Å². The van der Waals surface area contributed by atoms with Gasteiger partial charge in [0.1, 0.15) is 5.69 Å². The number of nitrogens with zero attached hydrogens (tertiary/aromatic N) is 2. The number of ether oxygens (including phenoxy) is 1. The third-order valence-corrected chi connectivity index (χ3v) is 2.29. The highest BCUT2D eigenvalue weighted by Gasteiger charge is 2.15. The first-order valence-corrected chi connectivity index (χ1v) is 4.59. The van der Waals surface area contributed by atoms with E-state index in [-0.39, 0.29) is 6.01 Å². The van der Waals surface area contributed by atoms with Crippen LogP contribution < -0.4 is 5.73 Å². The summed E-state index contributed by atoms with van der Waals surface area (Å²) >= 11 is 0. The van der Waals surface area contributed by atoms with Crippen molar-refractivity contribution in [2.75, 3.05) is 12.8 Å². The highest BCUT2D eigenvalue weighted by Crippen LogP contribution is 2.23. The van der Waals surface area contributed by atoms with E-state index in [2.05, 4.69) is 9.72 Å². The van der Waals surface area contributed by atoms with E-state index in [0.29, 0.717) is 17.1 Å². The molecule has 0 saturated carbocycles. The Labute approximate surface area is 91.6 Å². The second kappa shape index (κ2) is 3.73. The minimum atomic E-state index is -0.402. The highest BCUT2D eigenvalue weighted by molar-refractivity contribution is 5.88. The topological polar surface area (TPSA) is 83.3 Å². The fraction of sp³-hybridized carbons (Fsp3) is 0.200. The number of carbonyl (C=O) groups excluding carboxylic acids is 1. The van der Waals surface area contributed by atoms with Gasteiger partial charge in [-0.1, -0.05) is 0 Å². The molecule has 16 heavy (non-hydrogen) atoms. The molecule has 2 heterocycles. The van der Waals surface area contributed by atoms with Crippen molar-refractivity contribution in [2.45, 2.75) is 0 Å². The number of hydrogen-bond donors (Lipinski definition) is 1. The van der Waals surface area contributed by atoms with Crippen molar-refractivity contribution >= 4 is 12.0 Å². The Hall–Kier alpha value is -2.24. The molecule has 0 aliphatic heterocycles. The van der Waals surface area contributed by atoms with Crippen molar-refractivity contribution in [1.82, 2.24) is 9.55 Å². The van der Waals surface area contributed by atoms with Crippen LogP contribution >= 0.6 is 0 Å². The lowest BCUT2D eigenvalue weighted by atomic mass is 10.3. The summed E-state index contributed by atoms with van der Waals surface area (Å²) in [6.45, 7) is 0. The monoisotopic (exact) mass is 221 g/mol. The number of aromatic nitrogens is 2. The van der Waals surface area contributed by atoms with Gasteiger partial charge < -0.3 is 19.5 Å². The minimum absolute atomic E-state index is 0.0934. The SMILES string of the molecule is COC(=O)c1ccc(-c2cnc(N)o2)n1C. The van der Waals surface area contributed by atoms with Crippen LogP contribution in [0.15, 0.2) is 22.7 Å². The quantitative estimate of drug-likeness (QED) is 0.766. The molecule has 2 aromatic heterocycles. The Kier molecular flexibility index (Phi) is 2.40. The van der Waals surface area contributed by atoms with E-state index in [1.54, 1.807) is 23.7 Å². The molecule has 0 aliphatic rings. The Balaban J connectivity index is 2.44. The van der Waals surface area contributed by atoms with Gasteiger partial charge in [-0.25, -0.2) is 9.78 Å². The van der Waals surface area contributed by atoms with Gasteiger partial charge in [0.15, 0.2) is 5.76 Å². The molecule has 0 amide bonds. The van der Waals surface area contributed by atoms with Crippen LogP contribution in [0.4, 0.5) is 6.01 Å². The summed E-state index contributed by atoms with van der Waals surface area (Å²) in [5, 5.41) is 0. The van der Waals surface area contributed by atoms with E-state index in [1.165, 1.54) is 13.3 Å². The number of esters is 1. The van der Waals surface area contributed by atoms with E-state index >= 15 is 0 Å². The van der Waals surface area contributed by atoms with Crippen LogP contribution in [0.5, 0.6) is 0 Å². The normalized spacial score (nSPS) is 10.4. The number of anilines is 1. The predicted octanol–water partition coefficient (Wildman–Crippen LogP) is 1.05. The van der Waals surface area contributed by atoms with Gasteiger partial charge in [-0.15, -0.1) is 0 Å². The van der Waals surface area contributed by atoms with Crippen molar-refractivity contribution in [1.29, 1.82) is 0 Å². The third-order valence-electron chi connectivity index (χ3n) is 2.29. The molecule has 0 aliphatic carbocycles. The molecule has 2 N–H and O–H groups in total. The summed E-state index contributed by atoms with van der Waals surface area (Å²) < 4.78 is 11.5. The number of carbonyl (C=O) groups is 1. The lowest BCUT2D eigenvalue weighted by molar-refractivity contribution is 0.0590. The zero-order valence-electron chi connectivity index (χ0n) is 8.93. The van der Waals surface area contributed by atoms with Gasteiger partial charge in [0, 0.05) is 7.05 Å². The molecule has 0 unspecified atom stereocenters. The lowest BCUT2D eigenvalue weighted by Crippen LogP contribution is -2.07. The van der Waals surface area contributed by atoms with Gasteiger partial charge in [-0.2, -0.15) is 0 Å². The molecule has 0 saturated heterocycles. The molecular weight excluding hydrogens is 210 g/mol. The summed E-state index contributed by atoms with van der Waals surface area (Å²) in [4.78, 5) is 15.2. The zero-order chi connectivity index (χ0) is 11.7. The van der Waals surface area contributed by atoms with Crippen LogP contribution in [0.3, 0.4) is 0 Å². The van der Waals surface area contributed by atoms with Crippen LogP contribution in [0.25, 0.3) is 11.5 Å². The number of oxazole rings is 1. The molecule has 0 spiro atoms. The Morgan fingerprint density at radius 3 is 2.88 bits per heavy atom. The van der Waals surface area contributed by atoms with Crippen LogP contribution in [0.2, 0.25) is 0 Å². The van der Waals surface area contributed by atoms with E-state index in [1.807, 2.05) is 0 Å². The maximum absolute atomic E-state index is 11.4. The van der Waals surface area contributed by atoms with E-state index in [0.717, 1.165) is 0 Å². The molecule has 0 atom stereocenters. The summed E-state index contributed by atoms with van der Waals surface area (Å²) in [6, 6.07) is 3.49. The molecule has 2 aromatic rings. The van der Waals surface area contributed by atoms with E-state index < -0.39 is 5.97 Å². The first kappa shape index (κ1) is 10.3. The second-order valence-corrected chi connectivity index (χ2v) is 3.22. The van der Waals surface area contributed by atoms with E-state index in [4.69, 9.17) is 10.2 Å². The van der Waals surface area contributed by atoms with Crippen molar-refractivity contribution in [2.24, 2.45) is 7.05 Å². The average Bonchev–Trinajstić information content (AvgIpc) is 2.83. The van der Waals surface area contributed by atoms with Crippen molar-refractivity contribution in [3.8, 4) is 11.5 Å². The largest absolute Gasteiger partial charge is 0.464 e. The molecule has 0 aromatic carbocycles. The number of nitrogen functional groups attached to an aromatic ring is 1. The Morgan fingerprint density at radius 2 is 2.31 bits per heavy atom. The zero-order valence-corrected chi connectivity index (χ0v) is 8.93. The Bertz CT molecular complexity index is 527. The number of hydrogen-bond acceptors (Lipinski definition) is 5. The summed E-state index contributed by atoms with van der Waals surface area (Å²) in [6.07, 6.45) is 1.51. The first-order valence-electron chi connectivity index (χ1n) is 4.59. The minimum Gasteiger partial charge on any atom is -0.464 e. The summed E-state index contributed by atoms with van der Waals surface area (Å²) in [5.41, 5.74) is 6.53. The molecule has 2 rings (SSSR count). The number of methoxy groups -OCH3 is 1. The molecule has 0 radical (unpaired) electrons. The average molecular weight is 221 g/mol. The first-order chi connectivity index (χ1) is 7.63. The summed E-state index contributed by atoms with van der Waals surface area (Å²) in [5.74, 6) is 0.108. The van der Waals surface area contributed by atoms with Crippen LogP contribution in [-0.2, 0) is 11.8 Å². The fourth-order valence-corrected chi connectivity index (χ4v) is 1.47. The van der Waals surface area contributed by atoms with Gasteiger partial charge >= 0.3 is 5.97 Å². The second-order valence-electron chi connectivity index (χ2n) is 3.22. The van der Waals surface area contributed by atoms with Crippen molar-refractivity contribution in [3.05, 3.63) is 24.0 Å². The van der Waals surface area contributed by atoms with Crippen LogP contribution in [0.1, 0.15) is 10.5 Å². The maximum atomic E-state index is 11.4. The molecule has 6 nitrogen and oxygen atoms in total. The molecule has 84 valence electrons. The van der Waals surface area contributed by atoms with Crippen LogP contribution in [-0.4, -0.2) is 22.6 Å². The smallest absolute Gasteiger partial charge is 0.354 e. The Morgan fingerprint density at radius 1 is 1.56 bits per heavy atom. The standard InChI is InChI=1S/C10H11N3O3/c1-13-6(8-5-12-10(11)16-8)3-4-7(13)9(14)15-2/h3-5H,1-2H3,(H2,11,12). The van der Waals surface area contributed by atoms with Gasteiger partial charge in [0.25, 0.3) is 6.01 Å². The number of rotatable bonds is 2. The highest BCUT2D eigenvalue weighted by atomic mass is 16.5. The molecule has 0 fully saturated rings. The van der Waals surface area contributed by atoms with E-state index in [9.17, 15) is 4.79 Å². The molecular formula is C10H11N3O3. The lowest BCUT2D eigenvalue weighted by Gasteiger charge is -2.03. The van der Waals surface area contributed by atoms with Gasteiger partial charge in [-0.05, 0) is 12.1 Å². The van der Waals surface area contributed by atoms with Crippen LogP contribution in [0, 0.1) is 0 Å². The molecule has 6 heteroatoms. The third kappa shape index (κ3) is 1.54. The predicted molar refractivity (Wildman–Crippen MR) is 56.7 cm³/mol. The van der Waals surface area contributed by atoms with Gasteiger partial charge in [0.2, 0.25) is 0 Å². The number of nitrogens with two attached hydrogens (primary N) is 1. The summed E-state index contributed by atoms with van der Waals surface area (Å²) in [7, 11) is 3.07.